The number of carbonyl (C=O) groups excluding carboxylic acids is 1. The summed E-state index contributed by atoms with van der Waals surface area (Å²) < 4.78 is 5.59. The van der Waals surface area contributed by atoms with E-state index in [1.807, 2.05) is 12.1 Å². The molecule has 5 rings (SSSR count). The molecule has 1 atom stereocenters. The number of hydrogen-bond acceptors (Lipinski definition) is 4. The van der Waals surface area contributed by atoms with Crippen molar-refractivity contribution in [3.8, 4) is 5.75 Å². The Hall–Kier alpha value is -2.60. The second kappa shape index (κ2) is 6.78. The zero-order chi connectivity index (χ0) is 19.3. The van der Waals surface area contributed by atoms with Crippen LogP contribution < -0.4 is 15.6 Å². The molecule has 1 aliphatic heterocycles. The first-order chi connectivity index (χ1) is 13.6. The Bertz CT molecular complexity index is 991. The van der Waals surface area contributed by atoms with E-state index in [4.69, 9.17) is 4.74 Å². The van der Waals surface area contributed by atoms with Crippen LogP contribution in [-0.2, 0) is 19.3 Å². The van der Waals surface area contributed by atoms with Crippen LogP contribution in [0, 0.1) is 5.92 Å². The lowest BCUT2D eigenvalue weighted by Gasteiger charge is -2.38. The van der Waals surface area contributed by atoms with Gasteiger partial charge in [0, 0.05) is 12.1 Å². The highest BCUT2D eigenvalue weighted by molar-refractivity contribution is 5.94. The van der Waals surface area contributed by atoms with Gasteiger partial charge in [0.1, 0.15) is 11.3 Å². The van der Waals surface area contributed by atoms with Gasteiger partial charge in [-0.05, 0) is 72.9 Å². The lowest BCUT2D eigenvalue weighted by Crippen LogP contribution is -2.42. The second-order valence-electron chi connectivity index (χ2n) is 8.17. The minimum absolute atomic E-state index is 0.160. The minimum Gasteiger partial charge on any atom is -0.493 e. The molecule has 2 heterocycles. The van der Waals surface area contributed by atoms with Gasteiger partial charge in [-0.3, -0.25) is 9.59 Å². The van der Waals surface area contributed by atoms with Crippen LogP contribution in [-0.4, -0.2) is 28.7 Å². The Morgan fingerprint density at radius 3 is 2.86 bits per heavy atom. The quantitative estimate of drug-likeness (QED) is 0.757. The molecule has 3 aliphatic rings. The average Bonchev–Trinajstić information content (AvgIpc) is 3.30. The average molecular weight is 380 g/mol. The number of aliphatic hydroxyl groups excluding tert-OH is 1. The van der Waals surface area contributed by atoms with Crippen LogP contribution in [0.3, 0.4) is 0 Å². The van der Waals surface area contributed by atoms with Crippen molar-refractivity contribution in [1.29, 1.82) is 0 Å². The lowest BCUT2D eigenvalue weighted by atomic mass is 9.74. The fourth-order valence-electron chi connectivity index (χ4n) is 4.68. The molecule has 28 heavy (non-hydrogen) atoms. The molecule has 0 unspecified atom stereocenters. The maximum absolute atomic E-state index is 13.0. The van der Waals surface area contributed by atoms with Crippen molar-refractivity contribution in [2.75, 3.05) is 6.61 Å². The van der Waals surface area contributed by atoms with Crippen molar-refractivity contribution in [1.82, 2.24) is 10.3 Å². The van der Waals surface area contributed by atoms with Gasteiger partial charge in [0.2, 0.25) is 0 Å². The highest BCUT2D eigenvalue weighted by Gasteiger charge is 2.36. The number of aryl methyl sites for hydroxylation is 2. The van der Waals surface area contributed by atoms with Crippen LogP contribution in [0.2, 0.25) is 0 Å². The monoisotopic (exact) mass is 380 g/mol. The van der Waals surface area contributed by atoms with Gasteiger partial charge in [0.25, 0.3) is 11.5 Å². The summed E-state index contributed by atoms with van der Waals surface area (Å²) in [6.07, 6.45) is 4.63. The van der Waals surface area contributed by atoms with E-state index in [0.717, 1.165) is 53.8 Å². The van der Waals surface area contributed by atoms with E-state index >= 15 is 0 Å². The molecule has 3 N–H and O–H groups in total. The number of H-pyrrole nitrogens is 1. The number of hydrogen-bond donors (Lipinski definition) is 3. The molecule has 2 aromatic rings. The summed E-state index contributed by atoms with van der Waals surface area (Å²) in [5, 5.41) is 12.9. The molecule has 2 aliphatic carbocycles. The highest BCUT2D eigenvalue weighted by Crippen LogP contribution is 2.40. The molecule has 1 aromatic heterocycles. The number of ether oxygens (including phenoxy) is 1. The zero-order valence-electron chi connectivity index (χ0n) is 15.7. The van der Waals surface area contributed by atoms with Crippen molar-refractivity contribution in [3.63, 3.8) is 0 Å². The molecule has 6 heteroatoms. The number of carbonyl (C=O) groups is 1. The van der Waals surface area contributed by atoms with Crippen molar-refractivity contribution in [3.05, 3.63) is 62.6 Å². The van der Waals surface area contributed by atoms with Gasteiger partial charge in [-0.15, -0.1) is 0 Å². The summed E-state index contributed by atoms with van der Waals surface area (Å²) in [6.45, 7) is 0.683. The van der Waals surface area contributed by atoms with Crippen LogP contribution in [0.25, 0.3) is 0 Å². The molecule has 0 radical (unpaired) electrons. The summed E-state index contributed by atoms with van der Waals surface area (Å²) in [6, 6.07) is 7.54. The van der Waals surface area contributed by atoms with Crippen molar-refractivity contribution in [2.45, 2.75) is 50.7 Å². The molecule has 146 valence electrons. The number of nitrogens with one attached hydrogen (secondary N) is 2. The predicted molar refractivity (Wildman–Crippen MR) is 104 cm³/mol. The normalized spacial score (nSPS) is 23.3. The molecule has 6 nitrogen and oxygen atoms in total. The molecule has 1 aromatic carbocycles. The van der Waals surface area contributed by atoms with Crippen LogP contribution in [0.1, 0.15) is 58.0 Å². The number of aromatic nitrogens is 1. The van der Waals surface area contributed by atoms with E-state index in [1.165, 1.54) is 0 Å². The Labute approximate surface area is 162 Å². The van der Waals surface area contributed by atoms with Crippen molar-refractivity contribution < 1.29 is 14.6 Å². The van der Waals surface area contributed by atoms with Crippen LogP contribution in [0.4, 0.5) is 0 Å². The van der Waals surface area contributed by atoms with Crippen molar-refractivity contribution >= 4 is 5.91 Å². The maximum atomic E-state index is 13.0. The first-order valence-electron chi connectivity index (χ1n) is 10.1. The van der Waals surface area contributed by atoms with Gasteiger partial charge in [0.05, 0.1) is 18.8 Å². The molecule has 0 saturated heterocycles. The lowest BCUT2D eigenvalue weighted by molar-refractivity contribution is 0.0235. The Balaban J connectivity index is 1.44. The number of pyridine rings is 1. The molecule has 1 saturated carbocycles. The summed E-state index contributed by atoms with van der Waals surface area (Å²) >= 11 is 0. The zero-order valence-corrected chi connectivity index (χ0v) is 15.7. The molecule has 1 amide bonds. The molecule has 0 spiro atoms. The number of aromatic amines is 1. The summed E-state index contributed by atoms with van der Waals surface area (Å²) in [5.41, 5.74) is 4.02. The smallest absolute Gasteiger partial charge is 0.261 e. The fourth-order valence-corrected chi connectivity index (χ4v) is 4.68. The molecule has 0 bridgehead atoms. The predicted octanol–water partition coefficient (Wildman–Crippen LogP) is 2.04. The molecule has 1 fully saturated rings. The first-order valence-corrected chi connectivity index (χ1v) is 10.1. The Kier molecular flexibility index (Phi) is 4.23. The second-order valence-corrected chi connectivity index (χ2v) is 8.17. The topological polar surface area (TPSA) is 91.4 Å². The van der Waals surface area contributed by atoms with Gasteiger partial charge in [-0.1, -0.05) is 6.07 Å². The Morgan fingerprint density at radius 2 is 2.04 bits per heavy atom. The number of benzene rings is 1. The van der Waals surface area contributed by atoms with Crippen LogP contribution in [0.5, 0.6) is 5.75 Å². The van der Waals surface area contributed by atoms with Gasteiger partial charge >= 0.3 is 0 Å². The minimum atomic E-state index is -0.348. The third-order valence-electron chi connectivity index (χ3n) is 6.31. The van der Waals surface area contributed by atoms with E-state index in [2.05, 4.69) is 16.4 Å². The SMILES string of the molecule is O=C(N[C@H](c1ccc2c(c1)CCO2)C1CC(O)C1)c1cc2c([nH]c1=O)CCC2. The van der Waals surface area contributed by atoms with Crippen molar-refractivity contribution in [2.24, 2.45) is 5.92 Å². The Morgan fingerprint density at radius 1 is 1.18 bits per heavy atom. The van der Waals surface area contributed by atoms with Gasteiger partial charge < -0.3 is 20.1 Å². The van der Waals surface area contributed by atoms with Crippen LogP contribution in [0.15, 0.2) is 29.1 Å². The fraction of sp³-hybridized carbons (Fsp3) is 0.455. The standard InChI is InChI=1S/C22H24N2O4/c25-16-9-15(10-16)20(14-4-5-19-13(8-14)6-7-28-19)24-22(27)17-11-12-2-1-3-18(12)23-21(17)26/h4-5,8,11,15-16,20,25H,1-3,6-7,9-10H2,(H,23,26)(H,24,27)/t15?,16?,20-/m1/s1. The number of aliphatic hydroxyl groups is 1. The maximum Gasteiger partial charge on any atom is 0.261 e. The van der Waals surface area contributed by atoms with Gasteiger partial charge in [-0.2, -0.15) is 0 Å². The third kappa shape index (κ3) is 3.02. The van der Waals surface area contributed by atoms with E-state index in [9.17, 15) is 14.7 Å². The number of fused-ring (bicyclic) bond motifs is 2. The van der Waals surface area contributed by atoms with Gasteiger partial charge in [-0.25, -0.2) is 0 Å². The van der Waals surface area contributed by atoms with E-state index < -0.39 is 0 Å². The largest absolute Gasteiger partial charge is 0.493 e. The highest BCUT2D eigenvalue weighted by atomic mass is 16.5. The number of rotatable bonds is 4. The third-order valence-corrected chi connectivity index (χ3v) is 6.31. The molecular weight excluding hydrogens is 356 g/mol. The van der Waals surface area contributed by atoms with E-state index in [1.54, 1.807) is 6.07 Å². The van der Waals surface area contributed by atoms with Crippen LogP contribution >= 0.6 is 0 Å². The number of amides is 1. The van der Waals surface area contributed by atoms with Gasteiger partial charge in [0.15, 0.2) is 0 Å². The van der Waals surface area contributed by atoms with E-state index in [0.29, 0.717) is 19.4 Å². The summed E-state index contributed by atoms with van der Waals surface area (Å²) in [5.74, 6) is 0.712. The first kappa shape index (κ1) is 17.5. The summed E-state index contributed by atoms with van der Waals surface area (Å²) in [4.78, 5) is 28.3. The summed E-state index contributed by atoms with van der Waals surface area (Å²) in [7, 11) is 0. The molecular formula is C22H24N2O4. The van der Waals surface area contributed by atoms with E-state index in [-0.39, 0.29) is 35.1 Å².